The molecule has 1 aliphatic heterocycles. The number of nitrogens with zero attached hydrogens (tertiary/aromatic N) is 3. The highest BCUT2D eigenvalue weighted by molar-refractivity contribution is 5.43. The summed E-state index contributed by atoms with van der Waals surface area (Å²) in [4.78, 5) is 2.42. The van der Waals surface area contributed by atoms with Crippen molar-refractivity contribution in [2.75, 3.05) is 40.5 Å². The molecule has 1 saturated heterocycles. The molecule has 0 saturated carbocycles. The van der Waals surface area contributed by atoms with Crippen LogP contribution in [0.3, 0.4) is 0 Å². The molecule has 0 radical (unpaired) electrons. The Hall–Kier alpha value is -3.10. The van der Waals surface area contributed by atoms with Gasteiger partial charge >= 0.3 is 0 Å². The maximum absolute atomic E-state index is 14.0. The smallest absolute Gasteiger partial charge is 0.165 e. The zero-order valence-corrected chi connectivity index (χ0v) is 21.4. The molecule has 3 aromatic rings. The second kappa shape index (κ2) is 12.2. The molecular weight excluding hydrogens is 461 g/mol. The van der Waals surface area contributed by atoms with Crippen molar-refractivity contribution in [2.24, 2.45) is 0 Å². The third kappa shape index (κ3) is 6.77. The van der Waals surface area contributed by atoms with Gasteiger partial charge in [-0.15, -0.1) is 0 Å². The summed E-state index contributed by atoms with van der Waals surface area (Å²) in [5.74, 6) is 1.37. The second-order valence-electron chi connectivity index (χ2n) is 9.35. The number of para-hydroxylation sites is 1. The van der Waals surface area contributed by atoms with Crippen molar-refractivity contribution >= 4 is 0 Å². The molecule has 7 nitrogen and oxygen atoms in total. The lowest BCUT2D eigenvalue weighted by Gasteiger charge is -2.31. The van der Waals surface area contributed by atoms with Crippen molar-refractivity contribution in [1.82, 2.24) is 14.7 Å². The van der Waals surface area contributed by atoms with Gasteiger partial charge in [0.2, 0.25) is 0 Å². The molecule has 1 fully saturated rings. The van der Waals surface area contributed by atoms with Crippen molar-refractivity contribution in [3.63, 3.8) is 0 Å². The molecule has 2 heterocycles. The van der Waals surface area contributed by atoms with Crippen LogP contribution in [0.2, 0.25) is 0 Å². The maximum Gasteiger partial charge on any atom is 0.165 e. The molecule has 194 valence electrons. The fourth-order valence-electron chi connectivity index (χ4n) is 4.59. The monoisotopic (exact) mass is 497 g/mol. The van der Waals surface area contributed by atoms with Crippen LogP contribution in [0.1, 0.15) is 30.4 Å². The average molecular weight is 498 g/mol. The third-order valence-corrected chi connectivity index (χ3v) is 6.73. The summed E-state index contributed by atoms with van der Waals surface area (Å²) in [7, 11) is 3.37. The predicted octanol–water partition coefficient (Wildman–Crippen LogP) is 4.87. The van der Waals surface area contributed by atoms with E-state index in [1.54, 1.807) is 32.4 Å². The first-order valence-corrected chi connectivity index (χ1v) is 12.4. The number of hydrogen-bond acceptors (Lipinski definition) is 6. The predicted molar refractivity (Wildman–Crippen MR) is 136 cm³/mol. The Bertz CT molecular complexity index is 1120. The van der Waals surface area contributed by atoms with E-state index in [-0.39, 0.29) is 11.6 Å². The third-order valence-electron chi connectivity index (χ3n) is 6.73. The number of rotatable bonds is 11. The summed E-state index contributed by atoms with van der Waals surface area (Å²) in [6.07, 6.45) is 6.47. The fraction of sp³-hybridized carbons (Fsp3) is 0.464. The van der Waals surface area contributed by atoms with Gasteiger partial charge in [-0.3, -0.25) is 9.58 Å². The Labute approximate surface area is 212 Å². The SMILES string of the molecule is COc1ccc(CN2CCC[C@@](COc3ccccc3F)(OC)CC2)cc1OCCn1cc(C)cn1. The van der Waals surface area contributed by atoms with Crippen LogP contribution in [0.5, 0.6) is 17.2 Å². The average Bonchev–Trinajstić information content (AvgIpc) is 3.19. The number of halogens is 1. The lowest BCUT2D eigenvalue weighted by atomic mass is 9.95. The lowest BCUT2D eigenvalue weighted by Crippen LogP contribution is -2.39. The molecular formula is C28H36FN3O4. The van der Waals surface area contributed by atoms with Gasteiger partial charge in [0.05, 0.1) is 19.9 Å². The van der Waals surface area contributed by atoms with Gasteiger partial charge < -0.3 is 18.9 Å². The van der Waals surface area contributed by atoms with Gasteiger partial charge in [0.1, 0.15) is 18.8 Å². The standard InChI is InChI=1S/C28H36FN3O4/c1-22-18-30-32(19-22)15-16-35-27-17-23(9-10-26(27)33-2)20-31-13-6-11-28(34-3,12-14-31)21-36-25-8-5-4-7-24(25)29/h4-5,7-10,17-19H,6,11-16,20-21H2,1-3H3/t28-/m1/s1. The molecule has 2 aromatic carbocycles. The number of likely N-dealkylation sites (tertiary alicyclic amines) is 1. The molecule has 4 rings (SSSR count). The molecule has 0 N–H and O–H groups in total. The molecule has 0 spiro atoms. The Morgan fingerprint density at radius 2 is 1.86 bits per heavy atom. The van der Waals surface area contributed by atoms with Gasteiger partial charge in [-0.25, -0.2) is 4.39 Å². The summed E-state index contributed by atoms with van der Waals surface area (Å²) >= 11 is 0. The number of aryl methyl sites for hydroxylation is 1. The topological polar surface area (TPSA) is 58.0 Å². The first-order chi connectivity index (χ1) is 17.5. The molecule has 0 amide bonds. The Morgan fingerprint density at radius 1 is 1.00 bits per heavy atom. The van der Waals surface area contributed by atoms with Crippen LogP contribution in [-0.2, 0) is 17.8 Å². The van der Waals surface area contributed by atoms with E-state index in [2.05, 4.69) is 22.1 Å². The van der Waals surface area contributed by atoms with Crippen LogP contribution in [0, 0.1) is 12.7 Å². The first kappa shape index (κ1) is 26.0. The molecule has 1 atom stereocenters. The van der Waals surface area contributed by atoms with Gasteiger partial charge in [-0.1, -0.05) is 18.2 Å². The summed E-state index contributed by atoms with van der Waals surface area (Å²) < 4.78 is 39.2. The van der Waals surface area contributed by atoms with Crippen molar-refractivity contribution in [2.45, 2.75) is 44.9 Å². The van der Waals surface area contributed by atoms with Crippen LogP contribution in [-0.4, -0.2) is 60.8 Å². The number of ether oxygens (including phenoxy) is 4. The van der Waals surface area contributed by atoms with Crippen LogP contribution >= 0.6 is 0 Å². The van der Waals surface area contributed by atoms with Crippen LogP contribution in [0.4, 0.5) is 4.39 Å². The van der Waals surface area contributed by atoms with Gasteiger partial charge in [-0.05, 0) is 68.1 Å². The minimum absolute atomic E-state index is 0.267. The molecule has 1 aliphatic rings. The van der Waals surface area contributed by atoms with Crippen LogP contribution in [0.25, 0.3) is 0 Å². The number of benzene rings is 2. The highest BCUT2D eigenvalue weighted by atomic mass is 19.1. The summed E-state index contributed by atoms with van der Waals surface area (Å²) in [6, 6.07) is 12.6. The molecule has 0 bridgehead atoms. The Morgan fingerprint density at radius 3 is 2.61 bits per heavy atom. The zero-order chi connectivity index (χ0) is 25.4. The van der Waals surface area contributed by atoms with Gasteiger partial charge in [0, 0.05) is 26.4 Å². The minimum Gasteiger partial charge on any atom is -0.493 e. The first-order valence-electron chi connectivity index (χ1n) is 12.4. The van der Waals surface area contributed by atoms with E-state index in [9.17, 15) is 4.39 Å². The van der Waals surface area contributed by atoms with E-state index in [0.29, 0.717) is 19.8 Å². The normalized spacial score (nSPS) is 18.6. The summed E-state index contributed by atoms with van der Waals surface area (Å²) in [6.45, 7) is 6.12. The van der Waals surface area contributed by atoms with E-state index >= 15 is 0 Å². The maximum atomic E-state index is 14.0. The number of methoxy groups -OCH3 is 2. The molecule has 0 unspecified atom stereocenters. The minimum atomic E-state index is -0.434. The van der Waals surface area contributed by atoms with Crippen LogP contribution < -0.4 is 14.2 Å². The van der Waals surface area contributed by atoms with Crippen molar-refractivity contribution in [1.29, 1.82) is 0 Å². The molecule has 1 aromatic heterocycles. The summed E-state index contributed by atoms with van der Waals surface area (Å²) in [5.41, 5.74) is 1.85. The Kier molecular flexibility index (Phi) is 8.83. The van der Waals surface area contributed by atoms with Crippen molar-refractivity contribution in [3.8, 4) is 17.2 Å². The molecule has 0 aliphatic carbocycles. The number of hydrogen-bond donors (Lipinski definition) is 0. The molecule has 36 heavy (non-hydrogen) atoms. The fourth-order valence-corrected chi connectivity index (χ4v) is 4.59. The highest BCUT2D eigenvalue weighted by Gasteiger charge is 2.34. The van der Waals surface area contributed by atoms with E-state index in [1.807, 2.05) is 30.1 Å². The number of aromatic nitrogens is 2. The largest absolute Gasteiger partial charge is 0.493 e. The van der Waals surface area contributed by atoms with E-state index in [1.165, 1.54) is 6.07 Å². The quantitative estimate of drug-likeness (QED) is 0.377. The van der Waals surface area contributed by atoms with E-state index in [4.69, 9.17) is 18.9 Å². The van der Waals surface area contributed by atoms with Crippen molar-refractivity contribution < 1.29 is 23.3 Å². The zero-order valence-electron chi connectivity index (χ0n) is 21.4. The molecule has 8 heteroatoms. The Balaban J connectivity index is 1.34. The van der Waals surface area contributed by atoms with Gasteiger partial charge in [0.25, 0.3) is 0 Å². The van der Waals surface area contributed by atoms with Crippen molar-refractivity contribution in [3.05, 3.63) is 71.8 Å². The van der Waals surface area contributed by atoms with E-state index < -0.39 is 5.60 Å². The second-order valence-corrected chi connectivity index (χ2v) is 9.35. The van der Waals surface area contributed by atoms with E-state index in [0.717, 1.165) is 61.5 Å². The highest BCUT2D eigenvalue weighted by Crippen LogP contribution is 2.31. The lowest BCUT2D eigenvalue weighted by molar-refractivity contribution is -0.0548. The summed E-state index contributed by atoms with van der Waals surface area (Å²) in [5, 5.41) is 4.31. The van der Waals surface area contributed by atoms with Gasteiger partial charge in [-0.2, -0.15) is 5.10 Å². The van der Waals surface area contributed by atoms with Gasteiger partial charge in [0.15, 0.2) is 23.1 Å². The van der Waals surface area contributed by atoms with Crippen LogP contribution in [0.15, 0.2) is 54.9 Å².